The second-order valence-corrected chi connectivity index (χ2v) is 8.10. The van der Waals surface area contributed by atoms with E-state index < -0.39 is 23.4 Å². The molecule has 8 heteroatoms. The zero-order valence-electron chi connectivity index (χ0n) is 18.8. The summed E-state index contributed by atoms with van der Waals surface area (Å²) in [6.07, 6.45) is 0. The van der Waals surface area contributed by atoms with Gasteiger partial charge in [-0.05, 0) is 29.0 Å². The van der Waals surface area contributed by atoms with Gasteiger partial charge in [-0.25, -0.2) is 4.79 Å². The molecule has 0 spiro atoms. The molecule has 0 heterocycles. The Kier molecular flexibility index (Phi) is 7.74. The van der Waals surface area contributed by atoms with Crippen LogP contribution in [0.25, 0.3) is 0 Å². The number of benzene rings is 2. The van der Waals surface area contributed by atoms with E-state index in [1.54, 1.807) is 19.0 Å². The Morgan fingerprint density at radius 2 is 1.65 bits per heavy atom. The van der Waals surface area contributed by atoms with Gasteiger partial charge < -0.3 is 15.0 Å². The number of esters is 1. The van der Waals surface area contributed by atoms with Gasteiger partial charge in [0.15, 0.2) is 6.61 Å². The van der Waals surface area contributed by atoms with Gasteiger partial charge in [0.2, 0.25) is 0 Å². The highest BCUT2D eigenvalue weighted by molar-refractivity contribution is 5.99. The van der Waals surface area contributed by atoms with Gasteiger partial charge in [-0.2, -0.15) is 0 Å². The lowest BCUT2D eigenvalue weighted by molar-refractivity contribution is -0.384. The smallest absolute Gasteiger partial charge is 0.341 e. The second kappa shape index (κ2) is 10.1. The summed E-state index contributed by atoms with van der Waals surface area (Å²) in [5.41, 5.74) is 2.99. The fraction of sp³-hybridized carbons (Fsp3) is 0.391. The second-order valence-electron chi connectivity index (χ2n) is 8.10. The summed E-state index contributed by atoms with van der Waals surface area (Å²) in [7, 11) is 3.42. The first kappa shape index (κ1) is 23.9. The van der Waals surface area contributed by atoms with Crippen molar-refractivity contribution in [2.24, 2.45) is 0 Å². The van der Waals surface area contributed by atoms with Gasteiger partial charge in [0.1, 0.15) is 0 Å². The van der Waals surface area contributed by atoms with E-state index in [-0.39, 0.29) is 23.1 Å². The first-order valence-corrected chi connectivity index (χ1v) is 10.1. The average Bonchev–Trinajstić information content (AvgIpc) is 2.71. The van der Waals surface area contributed by atoms with Gasteiger partial charge in [0.25, 0.3) is 11.6 Å². The number of hydrogen-bond acceptors (Lipinski definition) is 6. The SMILES string of the molecule is CC(C)c1cccc(C(C)C)c1NC(=O)COC(=O)c1cc([N+](=O)[O-])ccc1N(C)C. The minimum atomic E-state index is -0.802. The number of nitrogens with one attached hydrogen (secondary N) is 1. The third-order valence-electron chi connectivity index (χ3n) is 4.86. The van der Waals surface area contributed by atoms with Crippen molar-refractivity contribution in [1.82, 2.24) is 0 Å². The van der Waals surface area contributed by atoms with Crippen LogP contribution in [0, 0.1) is 10.1 Å². The Morgan fingerprint density at radius 3 is 2.13 bits per heavy atom. The molecule has 0 saturated heterocycles. The van der Waals surface area contributed by atoms with Crippen LogP contribution in [0.4, 0.5) is 17.1 Å². The molecule has 0 atom stereocenters. The molecule has 0 aliphatic carbocycles. The normalized spacial score (nSPS) is 10.8. The van der Waals surface area contributed by atoms with Crippen molar-refractivity contribution in [1.29, 1.82) is 0 Å². The van der Waals surface area contributed by atoms with Gasteiger partial charge in [0, 0.05) is 31.9 Å². The Morgan fingerprint density at radius 1 is 1.06 bits per heavy atom. The number of non-ortho nitro benzene ring substituents is 1. The number of nitro benzene ring substituents is 1. The van der Waals surface area contributed by atoms with E-state index >= 15 is 0 Å². The minimum Gasteiger partial charge on any atom is -0.452 e. The van der Waals surface area contributed by atoms with Crippen LogP contribution in [0.1, 0.15) is 61.0 Å². The van der Waals surface area contributed by atoms with Crippen LogP contribution in [0.5, 0.6) is 0 Å². The van der Waals surface area contributed by atoms with Crippen LogP contribution in [0.3, 0.4) is 0 Å². The Bertz CT molecular complexity index is 957. The summed E-state index contributed by atoms with van der Waals surface area (Å²) in [5, 5.41) is 14.0. The maximum absolute atomic E-state index is 12.6. The molecule has 1 N–H and O–H groups in total. The third kappa shape index (κ3) is 5.81. The van der Waals surface area contributed by atoms with E-state index in [2.05, 4.69) is 5.32 Å². The molecule has 0 aliphatic rings. The van der Waals surface area contributed by atoms with Crippen molar-refractivity contribution in [3.8, 4) is 0 Å². The number of amides is 1. The number of carbonyl (C=O) groups is 2. The molecule has 8 nitrogen and oxygen atoms in total. The van der Waals surface area contributed by atoms with Crippen LogP contribution in [-0.4, -0.2) is 37.5 Å². The maximum atomic E-state index is 12.6. The number of nitro groups is 1. The standard InChI is InChI=1S/C23H29N3O5/c1-14(2)17-8-7-9-18(15(3)4)22(17)24-21(27)13-31-23(28)19-12-16(26(29)30)10-11-20(19)25(5)6/h7-12,14-15H,13H2,1-6H3,(H,24,27). The highest BCUT2D eigenvalue weighted by Gasteiger charge is 2.21. The van der Waals surface area contributed by atoms with E-state index in [9.17, 15) is 19.7 Å². The van der Waals surface area contributed by atoms with E-state index in [0.29, 0.717) is 5.69 Å². The molecule has 0 saturated carbocycles. The summed E-state index contributed by atoms with van der Waals surface area (Å²) in [4.78, 5) is 37.3. The van der Waals surface area contributed by atoms with Gasteiger partial charge in [-0.3, -0.25) is 14.9 Å². The van der Waals surface area contributed by atoms with Crippen molar-refractivity contribution in [2.75, 3.05) is 30.9 Å². The van der Waals surface area contributed by atoms with Crippen LogP contribution in [0.2, 0.25) is 0 Å². The fourth-order valence-corrected chi connectivity index (χ4v) is 3.27. The molecule has 2 aromatic carbocycles. The summed E-state index contributed by atoms with van der Waals surface area (Å²) in [6.45, 7) is 7.67. The lowest BCUT2D eigenvalue weighted by Gasteiger charge is -2.20. The molecule has 0 aromatic heterocycles. The Labute approximate surface area is 182 Å². The molecule has 0 bridgehead atoms. The molecule has 166 valence electrons. The third-order valence-corrected chi connectivity index (χ3v) is 4.86. The number of para-hydroxylation sites is 1. The first-order chi connectivity index (χ1) is 14.5. The molecule has 1 amide bonds. The number of nitrogens with zero attached hydrogens (tertiary/aromatic N) is 2. The highest BCUT2D eigenvalue weighted by Crippen LogP contribution is 2.32. The average molecular weight is 428 g/mol. The quantitative estimate of drug-likeness (QED) is 0.372. The van der Waals surface area contributed by atoms with Crippen molar-refractivity contribution in [2.45, 2.75) is 39.5 Å². The Balaban J connectivity index is 2.20. The van der Waals surface area contributed by atoms with E-state index in [0.717, 1.165) is 22.9 Å². The van der Waals surface area contributed by atoms with E-state index in [1.165, 1.54) is 12.1 Å². The Hall–Kier alpha value is -3.42. The van der Waals surface area contributed by atoms with Gasteiger partial charge >= 0.3 is 5.97 Å². The van der Waals surface area contributed by atoms with Crippen molar-refractivity contribution >= 4 is 28.9 Å². The van der Waals surface area contributed by atoms with Gasteiger partial charge in [-0.15, -0.1) is 0 Å². The van der Waals surface area contributed by atoms with Crippen LogP contribution in [0.15, 0.2) is 36.4 Å². The summed E-state index contributed by atoms with van der Waals surface area (Å²) in [6, 6.07) is 9.83. The zero-order chi connectivity index (χ0) is 23.3. The molecular weight excluding hydrogens is 398 g/mol. The van der Waals surface area contributed by atoms with Crippen LogP contribution >= 0.6 is 0 Å². The lowest BCUT2D eigenvalue weighted by atomic mass is 9.92. The molecule has 31 heavy (non-hydrogen) atoms. The van der Waals surface area contributed by atoms with Crippen molar-refractivity contribution in [3.63, 3.8) is 0 Å². The van der Waals surface area contributed by atoms with Crippen molar-refractivity contribution < 1.29 is 19.2 Å². The van der Waals surface area contributed by atoms with Gasteiger partial charge in [-0.1, -0.05) is 45.9 Å². The zero-order valence-corrected chi connectivity index (χ0v) is 18.8. The number of carbonyl (C=O) groups excluding carboxylic acids is 2. The number of ether oxygens (including phenoxy) is 1. The molecular formula is C23H29N3O5. The fourth-order valence-electron chi connectivity index (χ4n) is 3.27. The van der Waals surface area contributed by atoms with Crippen LogP contribution in [-0.2, 0) is 9.53 Å². The molecule has 2 rings (SSSR count). The molecule has 2 aromatic rings. The monoisotopic (exact) mass is 427 g/mol. The van der Waals surface area contributed by atoms with Crippen LogP contribution < -0.4 is 10.2 Å². The predicted molar refractivity (Wildman–Crippen MR) is 121 cm³/mol. The number of rotatable bonds is 8. The van der Waals surface area contributed by atoms with Crippen molar-refractivity contribution in [3.05, 3.63) is 63.2 Å². The van der Waals surface area contributed by atoms with Gasteiger partial charge in [0.05, 0.1) is 16.2 Å². The summed E-state index contributed by atoms with van der Waals surface area (Å²) < 4.78 is 5.19. The molecule has 0 radical (unpaired) electrons. The minimum absolute atomic E-state index is 0.0254. The highest BCUT2D eigenvalue weighted by atomic mass is 16.6. The largest absolute Gasteiger partial charge is 0.452 e. The first-order valence-electron chi connectivity index (χ1n) is 10.1. The predicted octanol–water partition coefficient (Wildman–Crippen LogP) is 4.70. The van der Waals surface area contributed by atoms with E-state index in [4.69, 9.17) is 4.74 Å². The summed E-state index contributed by atoms with van der Waals surface area (Å²) >= 11 is 0. The molecule has 0 aliphatic heterocycles. The van der Waals surface area contributed by atoms with E-state index in [1.807, 2.05) is 45.9 Å². The lowest BCUT2D eigenvalue weighted by Crippen LogP contribution is -2.23. The number of hydrogen-bond donors (Lipinski definition) is 1. The summed E-state index contributed by atoms with van der Waals surface area (Å²) in [5.74, 6) is -0.878. The topological polar surface area (TPSA) is 102 Å². The maximum Gasteiger partial charge on any atom is 0.341 e. The number of anilines is 2. The molecule has 0 unspecified atom stereocenters. The molecule has 0 fully saturated rings.